The number of pyridine rings is 1. The quantitative estimate of drug-likeness (QED) is 0.644. The first kappa shape index (κ1) is 18.2. The zero-order valence-electron chi connectivity index (χ0n) is 12.7. The molecular formula is C14H20F2N2O4. The van der Waals surface area contributed by atoms with Gasteiger partial charge in [-0.05, 0) is 38.8 Å². The van der Waals surface area contributed by atoms with Crippen LogP contribution in [-0.2, 0) is 4.74 Å². The maximum atomic E-state index is 12.5. The molecule has 1 heterocycles. The molecule has 1 aromatic heterocycles. The number of aromatic nitrogens is 1. The summed E-state index contributed by atoms with van der Waals surface area (Å²) >= 11 is 0. The van der Waals surface area contributed by atoms with E-state index in [9.17, 15) is 18.8 Å². The van der Waals surface area contributed by atoms with E-state index < -0.39 is 29.9 Å². The Labute approximate surface area is 127 Å². The van der Waals surface area contributed by atoms with Crippen LogP contribution in [0.1, 0.15) is 50.9 Å². The van der Waals surface area contributed by atoms with Crippen LogP contribution in [-0.4, -0.2) is 38.7 Å². The topological polar surface area (TPSA) is 82.9 Å². The van der Waals surface area contributed by atoms with E-state index in [-0.39, 0.29) is 13.0 Å². The van der Waals surface area contributed by atoms with Gasteiger partial charge in [0, 0.05) is 12.8 Å². The number of alkyl halides is 2. The monoisotopic (exact) mass is 318 g/mol. The molecule has 0 spiro atoms. The van der Waals surface area contributed by atoms with Crippen LogP contribution in [0.15, 0.2) is 18.3 Å². The Morgan fingerprint density at radius 1 is 1.41 bits per heavy atom. The Hall–Kier alpha value is -1.80. The normalized spacial score (nSPS) is 13.1. The molecule has 22 heavy (non-hydrogen) atoms. The van der Waals surface area contributed by atoms with Crippen LogP contribution in [0.25, 0.3) is 0 Å². The van der Waals surface area contributed by atoms with E-state index >= 15 is 0 Å². The first-order valence-electron chi connectivity index (χ1n) is 6.71. The number of hydroxylamine groups is 2. The zero-order valence-corrected chi connectivity index (χ0v) is 12.7. The van der Waals surface area contributed by atoms with Crippen molar-refractivity contribution in [2.24, 2.45) is 0 Å². The maximum Gasteiger partial charge on any atom is 0.434 e. The summed E-state index contributed by atoms with van der Waals surface area (Å²) in [7, 11) is 0. The lowest BCUT2D eigenvalue weighted by Gasteiger charge is -2.28. The van der Waals surface area contributed by atoms with Crippen molar-refractivity contribution in [2.75, 3.05) is 6.61 Å². The van der Waals surface area contributed by atoms with Gasteiger partial charge in [0.05, 0.1) is 6.04 Å². The highest BCUT2D eigenvalue weighted by Gasteiger charge is 2.28. The molecule has 8 heteroatoms. The minimum Gasteiger partial charge on any atom is -0.442 e. The van der Waals surface area contributed by atoms with Crippen molar-refractivity contribution in [3.05, 3.63) is 29.6 Å². The molecule has 1 atom stereocenters. The maximum absolute atomic E-state index is 12.5. The highest BCUT2D eigenvalue weighted by molar-refractivity contribution is 5.67. The lowest BCUT2D eigenvalue weighted by Crippen LogP contribution is -2.37. The van der Waals surface area contributed by atoms with Crippen molar-refractivity contribution in [1.82, 2.24) is 10.0 Å². The molecule has 0 saturated heterocycles. The number of ether oxygens (including phenoxy) is 1. The third-order valence-corrected chi connectivity index (χ3v) is 2.70. The smallest absolute Gasteiger partial charge is 0.434 e. The number of carbonyl (C=O) groups excluding carboxylic acids is 1. The van der Waals surface area contributed by atoms with E-state index in [1.165, 1.54) is 6.07 Å². The van der Waals surface area contributed by atoms with Crippen molar-refractivity contribution in [3.63, 3.8) is 0 Å². The molecule has 1 amide bonds. The Morgan fingerprint density at radius 2 is 2.05 bits per heavy atom. The molecule has 0 aliphatic rings. The molecular weight excluding hydrogens is 298 g/mol. The number of carbonyl (C=O) groups is 1. The highest BCUT2D eigenvalue weighted by atomic mass is 19.3. The number of nitrogens with zero attached hydrogens (tertiary/aromatic N) is 2. The van der Waals surface area contributed by atoms with Crippen molar-refractivity contribution in [3.8, 4) is 0 Å². The van der Waals surface area contributed by atoms with Crippen LogP contribution in [0.2, 0.25) is 0 Å². The number of hydrogen-bond donors (Lipinski definition) is 2. The minimum absolute atomic E-state index is 0.00540. The molecule has 1 unspecified atom stereocenters. The lowest BCUT2D eigenvalue weighted by molar-refractivity contribution is -0.125. The fraction of sp³-hybridized carbons (Fsp3) is 0.571. The van der Waals surface area contributed by atoms with E-state index in [0.717, 1.165) is 12.3 Å². The summed E-state index contributed by atoms with van der Waals surface area (Å²) in [5, 5.41) is 19.4. The van der Waals surface area contributed by atoms with Gasteiger partial charge in [-0.25, -0.2) is 13.6 Å². The van der Waals surface area contributed by atoms with Crippen LogP contribution in [0, 0.1) is 0 Å². The molecule has 1 rings (SSSR count). The van der Waals surface area contributed by atoms with Gasteiger partial charge < -0.3 is 9.84 Å². The zero-order chi connectivity index (χ0) is 16.9. The second kappa shape index (κ2) is 7.46. The van der Waals surface area contributed by atoms with Gasteiger partial charge in [-0.15, -0.1) is 0 Å². The molecule has 0 aromatic carbocycles. The number of rotatable bonds is 5. The third-order valence-electron chi connectivity index (χ3n) is 2.70. The predicted octanol–water partition coefficient (Wildman–Crippen LogP) is 3.07. The van der Waals surface area contributed by atoms with Crippen LogP contribution in [0.5, 0.6) is 0 Å². The second-order valence-electron chi connectivity index (χ2n) is 5.67. The highest BCUT2D eigenvalue weighted by Crippen LogP contribution is 2.25. The summed E-state index contributed by atoms with van der Waals surface area (Å²) in [5.41, 5.74) is -0.903. The molecule has 6 nitrogen and oxygen atoms in total. The van der Waals surface area contributed by atoms with Crippen LogP contribution < -0.4 is 0 Å². The van der Waals surface area contributed by atoms with Gasteiger partial charge in [0.15, 0.2) is 0 Å². The van der Waals surface area contributed by atoms with Gasteiger partial charge in [-0.2, -0.15) is 5.06 Å². The van der Waals surface area contributed by atoms with Crippen molar-refractivity contribution in [1.29, 1.82) is 0 Å². The van der Waals surface area contributed by atoms with E-state index in [2.05, 4.69) is 4.98 Å². The van der Waals surface area contributed by atoms with E-state index in [0.29, 0.717) is 10.6 Å². The molecule has 1 aromatic rings. The summed E-state index contributed by atoms with van der Waals surface area (Å²) in [5.74, 6) is 0. The molecule has 0 aliphatic carbocycles. The number of aliphatic hydroxyl groups excluding tert-OH is 1. The Balaban J connectivity index is 2.94. The summed E-state index contributed by atoms with van der Waals surface area (Å²) in [6.45, 7) is 4.59. The summed E-state index contributed by atoms with van der Waals surface area (Å²) < 4.78 is 30.0. The van der Waals surface area contributed by atoms with Crippen LogP contribution >= 0.6 is 0 Å². The van der Waals surface area contributed by atoms with Gasteiger partial charge in [-0.1, -0.05) is 6.07 Å². The number of hydrogen-bond acceptors (Lipinski definition) is 5. The SMILES string of the molecule is CC(C)(C)OC(=O)N(O)C(CCO)c1ccc(C(F)F)nc1. The van der Waals surface area contributed by atoms with Gasteiger partial charge in [-0.3, -0.25) is 10.2 Å². The molecule has 0 radical (unpaired) electrons. The first-order chi connectivity index (χ1) is 10.2. The van der Waals surface area contributed by atoms with Gasteiger partial charge in [0.25, 0.3) is 6.43 Å². The molecule has 0 saturated carbocycles. The van der Waals surface area contributed by atoms with Crippen molar-refractivity contribution in [2.45, 2.75) is 45.3 Å². The Bertz CT molecular complexity index is 489. The fourth-order valence-corrected chi connectivity index (χ4v) is 1.73. The van der Waals surface area contributed by atoms with E-state index in [1.807, 2.05) is 0 Å². The van der Waals surface area contributed by atoms with Crippen molar-refractivity contribution >= 4 is 6.09 Å². The van der Waals surface area contributed by atoms with Gasteiger partial charge in [0.2, 0.25) is 0 Å². The number of amides is 1. The molecule has 2 N–H and O–H groups in total. The predicted molar refractivity (Wildman–Crippen MR) is 73.5 cm³/mol. The standard InChI is InChI=1S/C14H20F2N2O4/c1-14(2,3)22-13(20)18(21)11(6-7-19)9-4-5-10(12(15)16)17-8-9/h4-5,8,11-12,19,21H,6-7H2,1-3H3. The fourth-order valence-electron chi connectivity index (χ4n) is 1.73. The Morgan fingerprint density at radius 3 is 2.45 bits per heavy atom. The third kappa shape index (κ3) is 5.19. The first-order valence-corrected chi connectivity index (χ1v) is 6.71. The average molecular weight is 318 g/mol. The summed E-state index contributed by atoms with van der Waals surface area (Å²) in [6, 6.07) is 1.48. The number of aliphatic hydroxyl groups is 1. The van der Waals surface area contributed by atoms with Gasteiger partial charge in [0.1, 0.15) is 11.3 Å². The van der Waals surface area contributed by atoms with E-state index in [1.54, 1.807) is 20.8 Å². The minimum atomic E-state index is -2.71. The average Bonchev–Trinajstić information content (AvgIpc) is 2.42. The molecule has 0 aliphatic heterocycles. The van der Waals surface area contributed by atoms with Crippen molar-refractivity contribution < 1.29 is 28.6 Å². The lowest BCUT2D eigenvalue weighted by atomic mass is 10.1. The summed E-state index contributed by atoms with van der Waals surface area (Å²) in [4.78, 5) is 15.4. The Kier molecular flexibility index (Phi) is 6.19. The number of halogens is 2. The molecule has 124 valence electrons. The molecule has 0 bridgehead atoms. The van der Waals surface area contributed by atoms with Crippen LogP contribution in [0.4, 0.5) is 13.6 Å². The second-order valence-corrected chi connectivity index (χ2v) is 5.67. The van der Waals surface area contributed by atoms with Crippen LogP contribution in [0.3, 0.4) is 0 Å². The molecule has 0 fully saturated rings. The van der Waals surface area contributed by atoms with Gasteiger partial charge >= 0.3 is 6.09 Å². The summed E-state index contributed by atoms with van der Waals surface area (Å²) in [6.07, 6.45) is -2.56. The largest absolute Gasteiger partial charge is 0.442 e. The van der Waals surface area contributed by atoms with E-state index in [4.69, 9.17) is 9.84 Å².